The molecule has 6 heteroatoms. The van der Waals surface area contributed by atoms with Gasteiger partial charge in [-0.1, -0.05) is 29.3 Å². The van der Waals surface area contributed by atoms with Crippen LogP contribution in [0.5, 0.6) is 0 Å². The molecule has 0 saturated heterocycles. The standard InChI is InChI=1S/C19H17ClN4O/c1-12-3-7-16(8-4-12)24-19(25)17-11-18(22-13(2)21-17)23-15-9-5-14(20)6-10-15/h3-11H,1-2H3,(H,24,25)(H,21,22,23). The van der Waals surface area contributed by atoms with Crippen molar-refractivity contribution in [2.24, 2.45) is 0 Å². The first-order valence-electron chi connectivity index (χ1n) is 7.76. The van der Waals surface area contributed by atoms with Crippen molar-refractivity contribution in [3.63, 3.8) is 0 Å². The number of aromatic nitrogens is 2. The van der Waals surface area contributed by atoms with E-state index in [1.54, 1.807) is 25.1 Å². The van der Waals surface area contributed by atoms with Crippen molar-refractivity contribution in [1.29, 1.82) is 0 Å². The zero-order chi connectivity index (χ0) is 17.8. The molecule has 3 rings (SSSR count). The molecule has 0 atom stereocenters. The maximum absolute atomic E-state index is 12.5. The number of carbonyl (C=O) groups is 1. The smallest absolute Gasteiger partial charge is 0.274 e. The molecule has 0 radical (unpaired) electrons. The van der Waals surface area contributed by atoms with Gasteiger partial charge in [0.2, 0.25) is 0 Å². The number of nitrogens with one attached hydrogen (secondary N) is 2. The number of carbonyl (C=O) groups excluding carboxylic acids is 1. The highest BCUT2D eigenvalue weighted by molar-refractivity contribution is 6.30. The zero-order valence-corrected chi connectivity index (χ0v) is 14.6. The van der Waals surface area contributed by atoms with E-state index in [-0.39, 0.29) is 5.91 Å². The summed E-state index contributed by atoms with van der Waals surface area (Å²) in [6, 6.07) is 16.4. The van der Waals surface area contributed by atoms with Crippen molar-refractivity contribution in [2.75, 3.05) is 10.6 Å². The molecule has 1 amide bonds. The summed E-state index contributed by atoms with van der Waals surface area (Å²) in [5.41, 5.74) is 2.97. The van der Waals surface area contributed by atoms with Gasteiger partial charge in [0.05, 0.1) is 0 Å². The highest BCUT2D eigenvalue weighted by Gasteiger charge is 2.11. The minimum absolute atomic E-state index is 0.284. The van der Waals surface area contributed by atoms with E-state index >= 15 is 0 Å². The highest BCUT2D eigenvalue weighted by atomic mass is 35.5. The number of aryl methyl sites for hydroxylation is 2. The number of hydrogen-bond donors (Lipinski definition) is 2. The van der Waals surface area contributed by atoms with Crippen molar-refractivity contribution in [2.45, 2.75) is 13.8 Å². The molecule has 0 saturated carbocycles. The average molecular weight is 353 g/mol. The molecule has 1 heterocycles. The minimum Gasteiger partial charge on any atom is -0.340 e. The van der Waals surface area contributed by atoms with Crippen LogP contribution in [0.15, 0.2) is 54.6 Å². The van der Waals surface area contributed by atoms with Gasteiger partial charge in [-0.05, 0) is 50.2 Å². The number of benzene rings is 2. The lowest BCUT2D eigenvalue weighted by molar-refractivity contribution is 0.102. The fourth-order valence-corrected chi connectivity index (χ4v) is 2.39. The van der Waals surface area contributed by atoms with Crippen LogP contribution < -0.4 is 10.6 Å². The second-order valence-corrected chi connectivity index (χ2v) is 6.07. The first-order chi connectivity index (χ1) is 12.0. The molecule has 0 unspecified atom stereocenters. The van der Waals surface area contributed by atoms with Crippen LogP contribution in [0.3, 0.4) is 0 Å². The van der Waals surface area contributed by atoms with Gasteiger partial charge in [0.1, 0.15) is 17.3 Å². The Balaban J connectivity index is 1.79. The Morgan fingerprint density at radius 3 is 2.24 bits per heavy atom. The van der Waals surface area contributed by atoms with Crippen LogP contribution in [0.25, 0.3) is 0 Å². The van der Waals surface area contributed by atoms with Gasteiger partial charge >= 0.3 is 0 Å². The Bertz CT molecular complexity index is 892. The summed E-state index contributed by atoms with van der Waals surface area (Å²) in [7, 11) is 0. The third kappa shape index (κ3) is 4.55. The lowest BCUT2D eigenvalue weighted by Crippen LogP contribution is -2.15. The molecule has 1 aromatic heterocycles. The van der Waals surface area contributed by atoms with Gasteiger partial charge < -0.3 is 10.6 Å². The Morgan fingerprint density at radius 2 is 1.56 bits per heavy atom. The Kier molecular flexibility index (Phi) is 4.95. The molecule has 126 valence electrons. The predicted octanol–water partition coefficient (Wildman–Crippen LogP) is 4.74. The monoisotopic (exact) mass is 352 g/mol. The molecule has 0 aliphatic carbocycles. The van der Waals surface area contributed by atoms with Crippen LogP contribution >= 0.6 is 11.6 Å². The van der Waals surface area contributed by atoms with Crippen LogP contribution in [-0.4, -0.2) is 15.9 Å². The van der Waals surface area contributed by atoms with E-state index in [0.29, 0.717) is 22.4 Å². The van der Waals surface area contributed by atoms with E-state index in [1.165, 1.54) is 0 Å². The van der Waals surface area contributed by atoms with Crippen LogP contribution in [0.2, 0.25) is 5.02 Å². The van der Waals surface area contributed by atoms with Gasteiger partial charge in [-0.15, -0.1) is 0 Å². The number of amides is 1. The van der Waals surface area contributed by atoms with Crippen molar-refractivity contribution in [3.8, 4) is 0 Å². The molecule has 3 aromatic rings. The summed E-state index contributed by atoms with van der Waals surface area (Å²) in [5.74, 6) is 0.769. The molecule has 0 spiro atoms. The van der Waals surface area contributed by atoms with E-state index in [0.717, 1.165) is 16.9 Å². The maximum Gasteiger partial charge on any atom is 0.274 e. The zero-order valence-electron chi connectivity index (χ0n) is 13.9. The van der Waals surface area contributed by atoms with E-state index in [9.17, 15) is 4.79 Å². The van der Waals surface area contributed by atoms with Gasteiger partial charge in [0.25, 0.3) is 5.91 Å². The molecule has 25 heavy (non-hydrogen) atoms. The quantitative estimate of drug-likeness (QED) is 0.711. The van der Waals surface area contributed by atoms with Gasteiger partial charge in [0.15, 0.2) is 0 Å². The molecule has 5 nitrogen and oxygen atoms in total. The largest absolute Gasteiger partial charge is 0.340 e. The Labute approximate surface area is 151 Å². The number of hydrogen-bond acceptors (Lipinski definition) is 4. The Hall–Kier alpha value is -2.92. The van der Waals surface area contributed by atoms with Crippen LogP contribution in [0.4, 0.5) is 17.2 Å². The fraction of sp³-hybridized carbons (Fsp3) is 0.105. The first-order valence-corrected chi connectivity index (χ1v) is 8.14. The van der Waals surface area contributed by atoms with Crippen LogP contribution in [0, 0.1) is 13.8 Å². The van der Waals surface area contributed by atoms with Crippen molar-refractivity contribution in [3.05, 3.63) is 76.7 Å². The predicted molar refractivity (Wildman–Crippen MR) is 101 cm³/mol. The third-order valence-corrected chi connectivity index (χ3v) is 3.75. The summed E-state index contributed by atoms with van der Waals surface area (Å²) in [6.07, 6.45) is 0. The van der Waals surface area contributed by atoms with Crippen LogP contribution in [-0.2, 0) is 0 Å². The van der Waals surface area contributed by atoms with Gasteiger partial charge in [0, 0.05) is 22.5 Å². The lowest BCUT2D eigenvalue weighted by Gasteiger charge is -2.09. The second kappa shape index (κ2) is 7.32. The van der Waals surface area contributed by atoms with Crippen molar-refractivity contribution < 1.29 is 4.79 Å². The minimum atomic E-state index is -0.284. The molecule has 0 aliphatic rings. The summed E-state index contributed by atoms with van der Waals surface area (Å²) in [4.78, 5) is 21.0. The normalized spacial score (nSPS) is 10.4. The summed E-state index contributed by atoms with van der Waals surface area (Å²) >= 11 is 5.89. The lowest BCUT2D eigenvalue weighted by atomic mass is 10.2. The number of nitrogens with zero attached hydrogens (tertiary/aromatic N) is 2. The summed E-state index contributed by atoms with van der Waals surface area (Å²) in [5, 5.41) is 6.64. The van der Waals surface area contributed by atoms with E-state index in [4.69, 9.17) is 11.6 Å². The van der Waals surface area contributed by atoms with E-state index in [1.807, 2.05) is 43.3 Å². The fourth-order valence-electron chi connectivity index (χ4n) is 2.26. The highest BCUT2D eigenvalue weighted by Crippen LogP contribution is 2.19. The van der Waals surface area contributed by atoms with E-state index < -0.39 is 0 Å². The molecule has 0 bridgehead atoms. The molecule has 0 aliphatic heterocycles. The molecular weight excluding hydrogens is 336 g/mol. The number of anilines is 3. The van der Waals surface area contributed by atoms with Gasteiger partial charge in [-0.25, -0.2) is 9.97 Å². The molecule has 2 aromatic carbocycles. The van der Waals surface area contributed by atoms with Crippen molar-refractivity contribution in [1.82, 2.24) is 9.97 Å². The van der Waals surface area contributed by atoms with Gasteiger partial charge in [-0.3, -0.25) is 4.79 Å². The van der Waals surface area contributed by atoms with E-state index in [2.05, 4.69) is 20.6 Å². The van der Waals surface area contributed by atoms with Crippen LogP contribution in [0.1, 0.15) is 21.9 Å². The van der Waals surface area contributed by atoms with Gasteiger partial charge in [-0.2, -0.15) is 0 Å². The summed E-state index contributed by atoms with van der Waals surface area (Å²) in [6.45, 7) is 3.74. The average Bonchev–Trinajstić information content (AvgIpc) is 2.58. The molecule has 2 N–H and O–H groups in total. The molecule has 0 fully saturated rings. The third-order valence-electron chi connectivity index (χ3n) is 3.50. The van der Waals surface area contributed by atoms with Crippen molar-refractivity contribution >= 4 is 34.7 Å². The summed E-state index contributed by atoms with van der Waals surface area (Å²) < 4.78 is 0. The SMILES string of the molecule is Cc1ccc(NC(=O)c2cc(Nc3ccc(Cl)cc3)nc(C)n2)cc1. The molecular formula is C19H17ClN4O. The Morgan fingerprint density at radius 1 is 0.920 bits per heavy atom. The maximum atomic E-state index is 12.5. The first kappa shape index (κ1) is 16.9. The second-order valence-electron chi connectivity index (χ2n) is 5.64. The number of halogens is 1. The number of rotatable bonds is 4. The topological polar surface area (TPSA) is 66.9 Å².